The highest BCUT2D eigenvalue weighted by molar-refractivity contribution is 5.98. The first-order valence-corrected chi connectivity index (χ1v) is 5.17. The number of nitrogens with one attached hydrogen (secondary N) is 1. The number of benzene rings is 1. The zero-order valence-electron chi connectivity index (χ0n) is 9.85. The number of hydrogen-bond donors (Lipinski definition) is 2. The van der Waals surface area contributed by atoms with Crippen LogP contribution in [0.2, 0.25) is 0 Å². The summed E-state index contributed by atoms with van der Waals surface area (Å²) < 4.78 is 50.7. The molecule has 0 amide bonds. The van der Waals surface area contributed by atoms with Gasteiger partial charge in [0.25, 0.3) is 0 Å². The Morgan fingerprint density at radius 3 is 2.39 bits per heavy atom. The Bertz CT molecular complexity index is 452. The molecule has 0 saturated heterocycles. The van der Waals surface area contributed by atoms with E-state index >= 15 is 0 Å². The van der Waals surface area contributed by atoms with E-state index in [-0.39, 0.29) is 17.4 Å². The van der Waals surface area contributed by atoms with Crippen LogP contribution in [0.3, 0.4) is 0 Å². The number of nitrogens with two attached hydrogens (primary N) is 1. The van der Waals surface area contributed by atoms with Crippen molar-refractivity contribution in [1.29, 1.82) is 0 Å². The Morgan fingerprint density at radius 1 is 1.33 bits per heavy atom. The summed E-state index contributed by atoms with van der Waals surface area (Å²) in [4.78, 5) is 4.01. The smallest absolute Gasteiger partial charge is 0.308 e. The molecule has 0 saturated carbocycles. The van der Waals surface area contributed by atoms with Gasteiger partial charge in [-0.2, -0.15) is 13.2 Å². The fraction of sp³-hybridized carbons (Fsp3) is 0.364. The maximum atomic E-state index is 13.1. The molecule has 0 aliphatic carbocycles. The van der Waals surface area contributed by atoms with Gasteiger partial charge in [-0.25, -0.2) is 10.2 Å². The number of rotatable bonds is 2. The molecule has 1 aromatic rings. The minimum absolute atomic E-state index is 0.0792. The van der Waals surface area contributed by atoms with Crippen molar-refractivity contribution in [3.63, 3.8) is 0 Å². The van der Waals surface area contributed by atoms with Gasteiger partial charge in [0, 0.05) is 11.6 Å². The van der Waals surface area contributed by atoms with E-state index in [1.807, 2.05) is 0 Å². The first-order valence-electron chi connectivity index (χ1n) is 5.17. The highest BCUT2D eigenvalue weighted by Crippen LogP contribution is 2.31. The second-order valence-corrected chi connectivity index (χ2v) is 3.91. The van der Waals surface area contributed by atoms with Gasteiger partial charge < -0.3 is 5.43 Å². The average Bonchev–Trinajstić information content (AvgIpc) is 2.25. The lowest BCUT2D eigenvalue weighted by Gasteiger charge is -2.12. The molecule has 0 aliphatic heterocycles. The largest absolute Gasteiger partial charge is 0.419 e. The van der Waals surface area contributed by atoms with Crippen molar-refractivity contribution in [3.8, 4) is 0 Å². The summed E-state index contributed by atoms with van der Waals surface area (Å²) in [6.45, 7) is 3.48. The molecule has 0 heterocycles. The van der Waals surface area contributed by atoms with E-state index in [1.165, 1.54) is 6.07 Å². The molecule has 3 N–H and O–H groups in total. The summed E-state index contributed by atoms with van der Waals surface area (Å²) in [5, 5.41) is 0. The highest BCUT2D eigenvalue weighted by Gasteiger charge is 2.34. The van der Waals surface area contributed by atoms with E-state index in [9.17, 15) is 17.6 Å². The molecule has 0 spiro atoms. The molecule has 0 aliphatic rings. The molecule has 0 aromatic heterocycles. The van der Waals surface area contributed by atoms with Crippen LogP contribution in [0.25, 0.3) is 0 Å². The van der Waals surface area contributed by atoms with Crippen LogP contribution in [-0.4, -0.2) is 11.9 Å². The molecule has 0 unspecified atom stereocenters. The molecule has 0 bridgehead atoms. The lowest BCUT2D eigenvalue weighted by atomic mass is 10.1. The highest BCUT2D eigenvalue weighted by atomic mass is 19.4. The van der Waals surface area contributed by atoms with Gasteiger partial charge in [-0.05, 0) is 32.0 Å². The maximum Gasteiger partial charge on any atom is 0.419 e. The Labute approximate surface area is 102 Å². The van der Waals surface area contributed by atoms with Crippen LogP contribution in [0, 0.1) is 5.82 Å². The van der Waals surface area contributed by atoms with Crippen LogP contribution in [0.4, 0.5) is 17.6 Å². The Morgan fingerprint density at radius 2 is 1.94 bits per heavy atom. The van der Waals surface area contributed by atoms with Crippen LogP contribution in [0.15, 0.2) is 23.2 Å². The van der Waals surface area contributed by atoms with Gasteiger partial charge in [0.05, 0.1) is 5.56 Å². The number of hydrazine groups is 1. The van der Waals surface area contributed by atoms with Crippen molar-refractivity contribution in [1.82, 2.24) is 5.43 Å². The molecule has 0 radical (unpaired) electrons. The van der Waals surface area contributed by atoms with Crippen molar-refractivity contribution >= 4 is 5.84 Å². The van der Waals surface area contributed by atoms with Gasteiger partial charge in [-0.3, -0.25) is 4.99 Å². The number of alkyl halides is 3. The Kier molecular flexibility index (Phi) is 4.28. The topological polar surface area (TPSA) is 50.4 Å². The third-order valence-corrected chi connectivity index (χ3v) is 2.07. The summed E-state index contributed by atoms with van der Waals surface area (Å²) in [7, 11) is 0. The van der Waals surface area contributed by atoms with E-state index in [0.29, 0.717) is 6.07 Å². The molecular weight excluding hydrogens is 250 g/mol. The molecule has 100 valence electrons. The third-order valence-electron chi connectivity index (χ3n) is 2.07. The molecule has 7 heteroatoms. The fourth-order valence-corrected chi connectivity index (χ4v) is 1.34. The zero-order chi connectivity index (χ0) is 13.9. The Balaban J connectivity index is 3.27. The number of nitrogens with zero attached hydrogens (tertiary/aromatic N) is 1. The van der Waals surface area contributed by atoms with E-state index < -0.39 is 17.6 Å². The van der Waals surface area contributed by atoms with Crippen LogP contribution >= 0.6 is 0 Å². The lowest BCUT2D eigenvalue weighted by molar-refractivity contribution is -0.140. The standard InChI is InChI=1S/C11H13F4N3/c1-6(2)17-10(18-16)7-3-4-9(12)8(5-7)11(13,14)15/h3-6H,16H2,1-2H3,(H,17,18). The molecule has 1 aromatic carbocycles. The first-order chi connectivity index (χ1) is 8.25. The van der Waals surface area contributed by atoms with Crippen molar-refractivity contribution in [2.24, 2.45) is 10.8 Å². The third kappa shape index (κ3) is 3.43. The van der Waals surface area contributed by atoms with Crippen molar-refractivity contribution in [2.75, 3.05) is 0 Å². The summed E-state index contributed by atoms with van der Waals surface area (Å²) in [5.41, 5.74) is 0.950. The van der Waals surface area contributed by atoms with E-state index in [2.05, 4.69) is 10.4 Å². The summed E-state index contributed by atoms with van der Waals surface area (Å²) in [6.07, 6.45) is -4.75. The monoisotopic (exact) mass is 263 g/mol. The number of halogens is 4. The summed E-state index contributed by atoms with van der Waals surface area (Å²) >= 11 is 0. The van der Waals surface area contributed by atoms with Crippen molar-refractivity contribution in [2.45, 2.75) is 26.1 Å². The summed E-state index contributed by atoms with van der Waals surface area (Å²) in [5.74, 6) is 3.95. The van der Waals surface area contributed by atoms with Gasteiger partial charge in [0.2, 0.25) is 0 Å². The maximum absolute atomic E-state index is 13.1. The predicted octanol–water partition coefficient (Wildman–Crippen LogP) is 2.46. The van der Waals surface area contributed by atoms with Gasteiger partial charge in [-0.15, -0.1) is 0 Å². The Hall–Kier alpha value is -1.63. The van der Waals surface area contributed by atoms with E-state index in [1.54, 1.807) is 13.8 Å². The van der Waals surface area contributed by atoms with Gasteiger partial charge >= 0.3 is 6.18 Å². The van der Waals surface area contributed by atoms with Crippen LogP contribution in [-0.2, 0) is 6.18 Å². The normalized spacial score (nSPS) is 13.0. The van der Waals surface area contributed by atoms with Gasteiger partial charge in [-0.1, -0.05) is 0 Å². The van der Waals surface area contributed by atoms with E-state index in [0.717, 1.165) is 6.07 Å². The minimum atomic E-state index is -4.75. The number of amidine groups is 1. The minimum Gasteiger partial charge on any atom is -0.308 e. The SMILES string of the molecule is CC(C)N=C(NN)c1ccc(F)c(C(F)(F)F)c1. The average molecular weight is 263 g/mol. The van der Waals surface area contributed by atoms with Crippen molar-refractivity contribution in [3.05, 3.63) is 35.1 Å². The predicted molar refractivity (Wildman–Crippen MR) is 60.4 cm³/mol. The van der Waals surface area contributed by atoms with Crippen LogP contribution < -0.4 is 11.3 Å². The number of hydrogen-bond acceptors (Lipinski definition) is 2. The molecule has 1 rings (SSSR count). The van der Waals surface area contributed by atoms with Gasteiger partial charge in [0.15, 0.2) is 0 Å². The zero-order valence-corrected chi connectivity index (χ0v) is 9.85. The van der Waals surface area contributed by atoms with Crippen LogP contribution in [0.5, 0.6) is 0 Å². The second-order valence-electron chi connectivity index (χ2n) is 3.91. The molecular formula is C11H13F4N3. The molecule has 3 nitrogen and oxygen atoms in total. The number of aliphatic imine (C=N–C) groups is 1. The first kappa shape index (κ1) is 14.4. The summed E-state index contributed by atoms with van der Waals surface area (Å²) in [6, 6.07) is 2.45. The fourth-order valence-electron chi connectivity index (χ4n) is 1.34. The lowest BCUT2D eigenvalue weighted by Crippen LogP contribution is -2.32. The molecule has 18 heavy (non-hydrogen) atoms. The molecule has 0 fully saturated rings. The van der Waals surface area contributed by atoms with Crippen molar-refractivity contribution < 1.29 is 17.6 Å². The quantitative estimate of drug-likeness (QED) is 0.283. The van der Waals surface area contributed by atoms with E-state index in [4.69, 9.17) is 5.84 Å². The van der Waals surface area contributed by atoms with Crippen LogP contribution in [0.1, 0.15) is 25.0 Å². The van der Waals surface area contributed by atoms with Gasteiger partial charge in [0.1, 0.15) is 11.7 Å². The molecule has 0 atom stereocenters. The second kappa shape index (κ2) is 5.34.